The van der Waals surface area contributed by atoms with Gasteiger partial charge in [-0.05, 0) is 30.2 Å². The number of aliphatic carboxylic acids is 1. The van der Waals surface area contributed by atoms with E-state index in [1.165, 1.54) is 64.7 Å². The van der Waals surface area contributed by atoms with Crippen molar-refractivity contribution in [3.63, 3.8) is 0 Å². The molecule has 258 valence electrons. The van der Waals surface area contributed by atoms with Gasteiger partial charge in [0.1, 0.15) is 22.7 Å². The first-order valence-corrected chi connectivity index (χ1v) is 17.3. The Morgan fingerprint density at radius 2 is 1.88 bits per heavy atom. The Hall–Kier alpha value is -4.02. The van der Waals surface area contributed by atoms with E-state index in [2.05, 4.69) is 26.1 Å². The number of ether oxygens (including phenoxy) is 1. The second kappa shape index (κ2) is 16.3. The molecular formula is C28H27N8NaO10S3. The fourth-order valence-corrected chi connectivity index (χ4v) is 8.36. The summed E-state index contributed by atoms with van der Waals surface area (Å²) in [5.74, 6) is -5.96. The monoisotopic (exact) mass is 754 g/mol. The number of carboxylic acid groups (broad SMARTS) is 1. The molecule has 3 aliphatic rings. The quantitative estimate of drug-likeness (QED) is 0.0269. The fourth-order valence-electron chi connectivity index (χ4n) is 5.30. The fraction of sp³-hybridized carbons (Fsp3) is 0.357. The number of nitrogens with one attached hydrogen (secondary N) is 3. The summed E-state index contributed by atoms with van der Waals surface area (Å²) >= 11 is 3.53. The molecule has 0 bridgehead atoms. The maximum Gasteiger partial charge on any atom is 1.00 e. The molecule has 3 atom stereocenters. The summed E-state index contributed by atoms with van der Waals surface area (Å²) in [5, 5.41) is 26.0. The number of carbonyl (C=O) groups excluding carboxylic acids is 8. The van der Waals surface area contributed by atoms with Crippen molar-refractivity contribution in [2.75, 3.05) is 31.1 Å². The first-order valence-electron chi connectivity index (χ1n) is 14.4. The van der Waals surface area contributed by atoms with Gasteiger partial charge in [0.05, 0.1) is 11.7 Å². The SMILES string of the molecule is CCN1CCN(C(=O)NC(C(=O)N[C@@]2(NC=O)C(=O)N3C(C(=O)[O-])=C(CSc4nncs4)CS[C@H]32)c2ccc(OC(C)=O)cc2)C(=O)C1=O.[Na+]. The third-order valence-corrected chi connectivity index (χ3v) is 10.9. The summed E-state index contributed by atoms with van der Waals surface area (Å²) in [7, 11) is 0. The smallest absolute Gasteiger partial charge is 0.543 e. The second-order valence-corrected chi connectivity index (χ2v) is 13.6. The van der Waals surface area contributed by atoms with E-state index >= 15 is 0 Å². The van der Waals surface area contributed by atoms with Gasteiger partial charge in [-0.25, -0.2) is 4.79 Å². The number of rotatable bonds is 12. The molecule has 2 aromatic rings. The third-order valence-electron chi connectivity index (χ3n) is 7.60. The topological polar surface area (TPSA) is 240 Å². The molecule has 0 spiro atoms. The number of nitrogens with zero attached hydrogens (tertiary/aromatic N) is 5. The van der Waals surface area contributed by atoms with Crippen molar-refractivity contribution in [3.8, 4) is 5.75 Å². The van der Waals surface area contributed by atoms with Gasteiger partial charge in [-0.3, -0.25) is 38.6 Å². The molecule has 3 aliphatic heterocycles. The van der Waals surface area contributed by atoms with Gasteiger partial charge in [-0.1, -0.05) is 35.2 Å². The summed E-state index contributed by atoms with van der Waals surface area (Å²) in [6, 6.07) is 2.62. The van der Waals surface area contributed by atoms with Gasteiger partial charge < -0.3 is 35.5 Å². The predicted octanol–water partition coefficient (Wildman–Crippen LogP) is -4.82. The average Bonchev–Trinajstić information content (AvgIpc) is 3.60. The van der Waals surface area contributed by atoms with E-state index in [1.807, 2.05) is 0 Å². The molecule has 22 heteroatoms. The molecule has 7 amide bonds. The number of imide groups is 1. The van der Waals surface area contributed by atoms with Gasteiger partial charge in [-0.15, -0.1) is 22.0 Å². The number of hydrogen-bond donors (Lipinski definition) is 3. The van der Waals surface area contributed by atoms with E-state index in [0.717, 1.165) is 16.7 Å². The van der Waals surface area contributed by atoms with E-state index in [0.29, 0.717) is 14.8 Å². The zero-order valence-corrected chi connectivity index (χ0v) is 31.1. The van der Waals surface area contributed by atoms with Crippen LogP contribution in [-0.2, 0) is 33.6 Å². The number of fused-ring (bicyclic) bond motifs is 1. The van der Waals surface area contributed by atoms with Crippen LogP contribution in [-0.4, -0.2) is 115 Å². The van der Waals surface area contributed by atoms with Crippen LogP contribution in [0, 0.1) is 0 Å². The molecule has 1 unspecified atom stereocenters. The summed E-state index contributed by atoms with van der Waals surface area (Å²) in [6.07, 6.45) is 0.165. The Labute approximate surface area is 318 Å². The molecule has 2 fully saturated rings. The van der Waals surface area contributed by atoms with Crippen LogP contribution in [0.3, 0.4) is 0 Å². The standard InChI is InChI=1S/C28H28N8O10S3.Na/c1-3-34-8-9-35(22(41)21(34)40)26(45)31-18(15-4-6-17(7-5-15)46-14(2)38)20(39)32-28(29-12-37)24(44)36-19(23(42)43)16(10-47-25(28)36)11-48-27-33-30-13-49-27;/h4-7,12-13,18,25H,3,8-11H2,1-2H3,(H,29,37)(H,31,45)(H,32,39)(H,42,43);/q;+1/p-1/t18?,25-,28-;/m0./s1. The maximum atomic E-state index is 14.0. The number of hydrogen-bond acceptors (Lipinski definition) is 15. The number of β-lactam (4-membered cyclic amide) rings is 1. The Bertz CT molecular complexity index is 1740. The predicted molar refractivity (Wildman–Crippen MR) is 169 cm³/mol. The number of esters is 1. The van der Waals surface area contributed by atoms with Gasteiger partial charge in [0.25, 0.3) is 5.91 Å². The molecule has 0 radical (unpaired) electrons. The van der Waals surface area contributed by atoms with E-state index in [4.69, 9.17) is 4.74 Å². The minimum absolute atomic E-state index is 0. The molecule has 4 heterocycles. The first-order chi connectivity index (χ1) is 23.4. The normalized spacial score (nSPS) is 20.6. The zero-order valence-electron chi connectivity index (χ0n) is 26.7. The number of thioether (sulfide) groups is 2. The molecule has 18 nitrogen and oxygen atoms in total. The van der Waals surface area contributed by atoms with Gasteiger partial charge in [0, 0.05) is 38.1 Å². The Balaban J connectivity index is 0.00000562. The van der Waals surface area contributed by atoms with Gasteiger partial charge in [0.2, 0.25) is 18.0 Å². The molecule has 5 rings (SSSR count). The summed E-state index contributed by atoms with van der Waals surface area (Å²) in [4.78, 5) is 105. The van der Waals surface area contributed by atoms with E-state index in [-0.39, 0.29) is 78.4 Å². The Morgan fingerprint density at radius 3 is 2.48 bits per heavy atom. The summed E-state index contributed by atoms with van der Waals surface area (Å²) < 4.78 is 5.61. The molecular weight excluding hydrogens is 728 g/mol. The third kappa shape index (κ3) is 7.66. The number of carbonyl (C=O) groups is 8. The number of amides is 7. The number of urea groups is 1. The van der Waals surface area contributed by atoms with Crippen molar-refractivity contribution in [2.24, 2.45) is 0 Å². The van der Waals surface area contributed by atoms with Crippen molar-refractivity contribution in [2.45, 2.75) is 35.3 Å². The first kappa shape index (κ1) is 38.8. The molecule has 50 heavy (non-hydrogen) atoms. The Kier molecular flexibility index (Phi) is 12.7. The van der Waals surface area contributed by atoms with Crippen LogP contribution in [0.2, 0.25) is 0 Å². The van der Waals surface area contributed by atoms with Crippen molar-refractivity contribution in [1.29, 1.82) is 0 Å². The van der Waals surface area contributed by atoms with Crippen LogP contribution in [0.25, 0.3) is 0 Å². The van der Waals surface area contributed by atoms with Crippen molar-refractivity contribution >= 4 is 82.9 Å². The molecule has 0 aliphatic carbocycles. The number of carboxylic acids is 1. The van der Waals surface area contributed by atoms with Gasteiger partial charge in [0.15, 0.2) is 4.34 Å². The van der Waals surface area contributed by atoms with Crippen LogP contribution < -0.4 is 55.4 Å². The average molecular weight is 755 g/mol. The molecule has 1 aromatic carbocycles. The zero-order chi connectivity index (χ0) is 35.5. The van der Waals surface area contributed by atoms with Crippen LogP contribution in [0.5, 0.6) is 5.75 Å². The largest absolute Gasteiger partial charge is 1.00 e. The van der Waals surface area contributed by atoms with Crippen molar-refractivity contribution in [3.05, 3.63) is 46.6 Å². The minimum Gasteiger partial charge on any atom is -0.543 e. The molecule has 2 saturated heterocycles. The van der Waals surface area contributed by atoms with Crippen LogP contribution >= 0.6 is 34.9 Å². The molecule has 1 aromatic heterocycles. The van der Waals surface area contributed by atoms with Gasteiger partial charge in [-0.2, -0.15) is 0 Å². The maximum absolute atomic E-state index is 14.0. The summed E-state index contributed by atoms with van der Waals surface area (Å²) in [5.41, 5.74) is -0.608. The number of likely N-dealkylation sites (N-methyl/N-ethyl adjacent to an activating group) is 1. The van der Waals surface area contributed by atoms with E-state index in [1.54, 1.807) is 6.92 Å². The minimum atomic E-state index is -2.15. The molecule has 0 saturated carbocycles. The summed E-state index contributed by atoms with van der Waals surface area (Å²) in [6.45, 7) is 3.00. The second-order valence-electron chi connectivity index (χ2n) is 10.5. The number of benzene rings is 1. The van der Waals surface area contributed by atoms with Gasteiger partial charge >= 0.3 is 53.4 Å². The van der Waals surface area contributed by atoms with E-state index in [9.17, 15) is 43.5 Å². The van der Waals surface area contributed by atoms with Crippen LogP contribution in [0.4, 0.5) is 4.79 Å². The van der Waals surface area contributed by atoms with Crippen molar-refractivity contribution in [1.82, 2.24) is 40.8 Å². The van der Waals surface area contributed by atoms with Crippen LogP contribution in [0.1, 0.15) is 25.5 Å². The van der Waals surface area contributed by atoms with Crippen LogP contribution in [0.15, 0.2) is 45.4 Å². The molecule has 3 N–H and O–H groups in total. The Morgan fingerprint density at radius 1 is 1.16 bits per heavy atom. The van der Waals surface area contributed by atoms with E-state index < -0.39 is 64.4 Å². The number of aromatic nitrogens is 2. The van der Waals surface area contributed by atoms with Crippen molar-refractivity contribution < 1.29 is 77.8 Å². The number of piperazine rings is 1.